The van der Waals surface area contributed by atoms with Gasteiger partial charge in [-0.05, 0) is 56.7 Å². The third-order valence-corrected chi connectivity index (χ3v) is 9.62. The standard InChI is InChI=1S/C24H31FN4O4S/c25-18-6-5-7-19(16-18)29-24(30)23(33-20-8-1-2-9-20)22(17-26-29)27-12-14-28(15-13-27)34(31,32)21-10-3-4-11-21/h5-7,16-17,20-21H,1-4,8-15H2. The van der Waals surface area contributed by atoms with E-state index in [-0.39, 0.29) is 17.1 Å². The van der Waals surface area contributed by atoms with Gasteiger partial charge in [0.15, 0.2) is 0 Å². The summed E-state index contributed by atoms with van der Waals surface area (Å²) in [5, 5.41) is 4.05. The highest BCUT2D eigenvalue weighted by Crippen LogP contribution is 2.32. The number of anilines is 1. The fourth-order valence-corrected chi connectivity index (χ4v) is 7.33. The van der Waals surface area contributed by atoms with E-state index in [9.17, 15) is 17.6 Å². The summed E-state index contributed by atoms with van der Waals surface area (Å²) < 4.78 is 48.8. The van der Waals surface area contributed by atoms with Gasteiger partial charge in [0.2, 0.25) is 15.8 Å². The van der Waals surface area contributed by atoms with Crippen molar-refractivity contribution >= 4 is 15.7 Å². The summed E-state index contributed by atoms with van der Waals surface area (Å²) in [6, 6.07) is 5.75. The lowest BCUT2D eigenvalue weighted by atomic mass is 10.2. The van der Waals surface area contributed by atoms with Gasteiger partial charge in [-0.25, -0.2) is 12.8 Å². The minimum Gasteiger partial charge on any atom is -0.483 e. The molecule has 0 spiro atoms. The molecule has 0 amide bonds. The lowest BCUT2D eigenvalue weighted by Crippen LogP contribution is -2.51. The number of nitrogens with zero attached hydrogens (tertiary/aromatic N) is 4. The van der Waals surface area contributed by atoms with Crippen LogP contribution in [0.4, 0.5) is 10.1 Å². The number of sulfonamides is 1. The number of halogens is 1. The maximum Gasteiger partial charge on any atom is 0.316 e. The lowest BCUT2D eigenvalue weighted by molar-refractivity contribution is 0.205. The molecule has 2 saturated carbocycles. The fourth-order valence-electron chi connectivity index (χ4n) is 5.31. The molecule has 0 bridgehead atoms. The first-order valence-corrected chi connectivity index (χ1v) is 13.7. The zero-order valence-corrected chi connectivity index (χ0v) is 20.1. The van der Waals surface area contributed by atoms with Crippen LogP contribution in [-0.4, -0.2) is 60.0 Å². The lowest BCUT2D eigenvalue weighted by Gasteiger charge is -2.37. The van der Waals surface area contributed by atoms with Gasteiger partial charge in [0, 0.05) is 26.2 Å². The van der Waals surface area contributed by atoms with E-state index in [4.69, 9.17) is 4.74 Å². The molecule has 0 radical (unpaired) electrons. The molecule has 0 unspecified atom stereocenters. The van der Waals surface area contributed by atoms with Crippen LogP contribution in [0.25, 0.3) is 5.69 Å². The number of ether oxygens (including phenoxy) is 1. The maximum atomic E-state index is 13.8. The SMILES string of the molecule is O=c1c(OC2CCCC2)c(N2CCN(S(=O)(=O)C3CCCC3)CC2)cnn1-c1cccc(F)c1. The molecule has 10 heteroatoms. The first kappa shape index (κ1) is 23.3. The van der Waals surface area contributed by atoms with Gasteiger partial charge >= 0.3 is 5.56 Å². The van der Waals surface area contributed by atoms with Gasteiger partial charge in [0.25, 0.3) is 0 Å². The zero-order chi connectivity index (χ0) is 23.7. The van der Waals surface area contributed by atoms with Crippen LogP contribution >= 0.6 is 0 Å². The number of rotatable bonds is 6. The second-order valence-electron chi connectivity index (χ2n) is 9.42. The Kier molecular flexibility index (Phi) is 6.61. The molecule has 3 aliphatic rings. The van der Waals surface area contributed by atoms with Crippen molar-refractivity contribution in [1.29, 1.82) is 0 Å². The monoisotopic (exact) mass is 490 g/mol. The number of piperazine rings is 1. The van der Waals surface area contributed by atoms with E-state index < -0.39 is 21.4 Å². The van der Waals surface area contributed by atoms with Gasteiger partial charge in [-0.15, -0.1) is 0 Å². The summed E-state index contributed by atoms with van der Waals surface area (Å²) in [5.41, 5.74) is 0.471. The summed E-state index contributed by atoms with van der Waals surface area (Å²) >= 11 is 0. The highest BCUT2D eigenvalue weighted by atomic mass is 32.2. The molecule has 1 saturated heterocycles. The molecule has 0 N–H and O–H groups in total. The molecule has 1 aromatic carbocycles. The Balaban J connectivity index is 1.42. The molecule has 2 aliphatic carbocycles. The normalized spacial score (nSPS) is 20.8. The van der Waals surface area contributed by atoms with Crippen LogP contribution in [0.5, 0.6) is 5.75 Å². The van der Waals surface area contributed by atoms with Crippen LogP contribution in [-0.2, 0) is 10.0 Å². The molecule has 0 atom stereocenters. The predicted octanol–water partition coefficient (Wildman–Crippen LogP) is 3.09. The minimum absolute atomic E-state index is 0.0427. The first-order valence-electron chi connectivity index (χ1n) is 12.2. The largest absolute Gasteiger partial charge is 0.483 e. The third-order valence-electron chi connectivity index (χ3n) is 7.22. The zero-order valence-electron chi connectivity index (χ0n) is 19.2. The molecular weight excluding hydrogens is 459 g/mol. The third kappa shape index (κ3) is 4.57. The molecule has 8 nitrogen and oxygen atoms in total. The van der Waals surface area contributed by atoms with Crippen molar-refractivity contribution < 1.29 is 17.5 Å². The molecule has 1 aromatic heterocycles. The Labute approximate surface area is 199 Å². The number of aromatic nitrogens is 2. The average Bonchev–Trinajstić information content (AvgIpc) is 3.55. The van der Waals surface area contributed by atoms with Crippen LogP contribution in [0.3, 0.4) is 0 Å². The van der Waals surface area contributed by atoms with Gasteiger partial charge in [0.1, 0.15) is 11.5 Å². The van der Waals surface area contributed by atoms with Crippen molar-refractivity contribution in [2.24, 2.45) is 0 Å². The van der Waals surface area contributed by atoms with Crippen molar-refractivity contribution in [3.63, 3.8) is 0 Å². The highest BCUT2D eigenvalue weighted by molar-refractivity contribution is 7.89. The van der Waals surface area contributed by atoms with Crippen LogP contribution in [0.1, 0.15) is 51.4 Å². The molecule has 1 aliphatic heterocycles. The van der Waals surface area contributed by atoms with Crippen LogP contribution in [0.2, 0.25) is 0 Å². The molecule has 34 heavy (non-hydrogen) atoms. The van der Waals surface area contributed by atoms with E-state index in [0.717, 1.165) is 56.0 Å². The Morgan fingerprint density at radius 3 is 2.32 bits per heavy atom. The molecular formula is C24H31FN4O4S. The van der Waals surface area contributed by atoms with E-state index in [2.05, 4.69) is 5.10 Å². The minimum atomic E-state index is -3.29. The summed E-state index contributed by atoms with van der Waals surface area (Å²) in [7, 11) is -3.29. The van der Waals surface area contributed by atoms with Gasteiger partial charge in [0.05, 0.1) is 23.2 Å². The van der Waals surface area contributed by atoms with Crippen LogP contribution in [0.15, 0.2) is 35.3 Å². The second-order valence-corrected chi connectivity index (χ2v) is 11.6. The van der Waals surface area contributed by atoms with Crippen molar-refractivity contribution in [1.82, 2.24) is 14.1 Å². The molecule has 2 heterocycles. The number of hydrogen-bond donors (Lipinski definition) is 0. The van der Waals surface area contributed by atoms with Crippen LogP contribution in [0, 0.1) is 5.82 Å². The molecule has 184 valence electrons. The summed E-state index contributed by atoms with van der Waals surface area (Å²) in [6.07, 6.45) is 8.84. The van der Waals surface area contributed by atoms with E-state index >= 15 is 0 Å². The topological polar surface area (TPSA) is 84.7 Å². The van der Waals surface area contributed by atoms with E-state index in [0.29, 0.717) is 37.6 Å². The van der Waals surface area contributed by atoms with Gasteiger partial charge in [-0.1, -0.05) is 18.9 Å². The maximum absolute atomic E-state index is 13.8. The predicted molar refractivity (Wildman–Crippen MR) is 128 cm³/mol. The van der Waals surface area contributed by atoms with E-state index in [1.165, 1.54) is 18.2 Å². The van der Waals surface area contributed by atoms with Crippen LogP contribution < -0.4 is 15.2 Å². The number of hydrogen-bond acceptors (Lipinski definition) is 6. The summed E-state index contributed by atoms with van der Waals surface area (Å²) in [6.45, 7) is 1.65. The van der Waals surface area contributed by atoms with E-state index in [1.54, 1.807) is 16.6 Å². The smallest absolute Gasteiger partial charge is 0.316 e. The Hall–Kier alpha value is -2.46. The second kappa shape index (κ2) is 9.65. The average molecular weight is 491 g/mol. The Morgan fingerprint density at radius 2 is 1.65 bits per heavy atom. The fraction of sp³-hybridized carbons (Fsp3) is 0.583. The van der Waals surface area contributed by atoms with Crippen molar-refractivity contribution in [3.05, 3.63) is 46.6 Å². The van der Waals surface area contributed by atoms with Crippen molar-refractivity contribution in [2.75, 3.05) is 31.1 Å². The van der Waals surface area contributed by atoms with Crippen molar-refractivity contribution in [3.8, 4) is 11.4 Å². The van der Waals surface area contributed by atoms with Gasteiger partial charge in [-0.3, -0.25) is 4.79 Å². The van der Waals surface area contributed by atoms with Gasteiger partial charge < -0.3 is 9.64 Å². The van der Waals surface area contributed by atoms with Gasteiger partial charge in [-0.2, -0.15) is 14.1 Å². The molecule has 3 fully saturated rings. The molecule has 2 aromatic rings. The summed E-state index contributed by atoms with van der Waals surface area (Å²) in [4.78, 5) is 15.4. The Bertz CT molecular complexity index is 1180. The summed E-state index contributed by atoms with van der Waals surface area (Å²) in [5.74, 6) is -0.244. The highest BCUT2D eigenvalue weighted by Gasteiger charge is 2.36. The van der Waals surface area contributed by atoms with Crippen molar-refractivity contribution in [2.45, 2.75) is 62.7 Å². The first-order chi connectivity index (χ1) is 16.4. The Morgan fingerprint density at radius 1 is 0.971 bits per heavy atom. The van der Waals surface area contributed by atoms with E-state index in [1.807, 2.05) is 4.90 Å². The quantitative estimate of drug-likeness (QED) is 0.619. The molecule has 5 rings (SSSR count). The number of benzene rings is 1.